The van der Waals surface area contributed by atoms with E-state index in [4.69, 9.17) is 4.74 Å². The third-order valence-corrected chi connectivity index (χ3v) is 2.81. The fourth-order valence-electron chi connectivity index (χ4n) is 1.76. The maximum Gasteiger partial charge on any atom is 0.219 e. The van der Waals surface area contributed by atoms with Gasteiger partial charge in [0.25, 0.3) is 0 Å². The number of ether oxygens (including phenoxy) is 1. The highest BCUT2D eigenvalue weighted by atomic mass is 16.5. The van der Waals surface area contributed by atoms with Crippen LogP contribution in [-0.2, 0) is 9.53 Å². The van der Waals surface area contributed by atoms with Crippen LogP contribution >= 0.6 is 0 Å². The highest BCUT2D eigenvalue weighted by molar-refractivity contribution is 5.75. The number of amides is 1. The summed E-state index contributed by atoms with van der Waals surface area (Å²) in [6.45, 7) is 3.82. The molecule has 1 rings (SSSR count). The summed E-state index contributed by atoms with van der Waals surface area (Å²) in [5.41, 5.74) is 0. The lowest BCUT2D eigenvalue weighted by atomic mass is 10.0. The van der Waals surface area contributed by atoms with Crippen LogP contribution < -0.4 is 10.6 Å². The van der Waals surface area contributed by atoms with Crippen molar-refractivity contribution >= 4 is 5.91 Å². The van der Waals surface area contributed by atoms with Gasteiger partial charge in [0.05, 0.1) is 0 Å². The molecule has 0 unspecified atom stereocenters. The first-order valence-corrected chi connectivity index (χ1v) is 5.82. The van der Waals surface area contributed by atoms with Crippen LogP contribution in [0.5, 0.6) is 0 Å². The Balaban J connectivity index is 1.89. The van der Waals surface area contributed by atoms with E-state index in [-0.39, 0.29) is 5.91 Å². The molecule has 0 bridgehead atoms. The van der Waals surface area contributed by atoms with E-state index in [1.807, 2.05) is 0 Å². The molecule has 0 aromatic carbocycles. The number of hydrogen-bond acceptors (Lipinski definition) is 3. The Bertz CT molecular complexity index is 179. The second-order valence-electron chi connectivity index (χ2n) is 4.04. The molecule has 1 aliphatic rings. The molecule has 4 nitrogen and oxygen atoms in total. The number of carbonyl (C=O) groups is 1. The van der Waals surface area contributed by atoms with Crippen molar-refractivity contribution in [3.05, 3.63) is 0 Å². The van der Waals surface area contributed by atoms with Crippen molar-refractivity contribution in [3.63, 3.8) is 0 Å². The van der Waals surface area contributed by atoms with Gasteiger partial charge in [0.15, 0.2) is 0 Å². The summed E-state index contributed by atoms with van der Waals surface area (Å²) in [5, 5.41) is 6.02. The molecule has 1 amide bonds. The summed E-state index contributed by atoms with van der Waals surface area (Å²) in [7, 11) is 1.68. The van der Waals surface area contributed by atoms with Gasteiger partial charge >= 0.3 is 0 Å². The Morgan fingerprint density at radius 2 is 2.13 bits per heavy atom. The number of nitrogens with one attached hydrogen (secondary N) is 2. The Morgan fingerprint density at radius 1 is 1.40 bits per heavy atom. The van der Waals surface area contributed by atoms with Crippen molar-refractivity contribution in [2.75, 3.05) is 33.4 Å². The van der Waals surface area contributed by atoms with Gasteiger partial charge in [0.1, 0.15) is 0 Å². The fourth-order valence-corrected chi connectivity index (χ4v) is 1.76. The molecule has 1 heterocycles. The summed E-state index contributed by atoms with van der Waals surface area (Å²) in [5.74, 6) is 0.890. The van der Waals surface area contributed by atoms with E-state index in [1.165, 1.54) is 12.8 Å². The maximum atomic E-state index is 10.9. The summed E-state index contributed by atoms with van der Waals surface area (Å²) < 4.78 is 5.29. The van der Waals surface area contributed by atoms with Gasteiger partial charge in [0.2, 0.25) is 5.91 Å². The molecule has 0 aromatic heterocycles. The van der Waals surface area contributed by atoms with E-state index < -0.39 is 0 Å². The van der Waals surface area contributed by atoms with Gasteiger partial charge in [-0.3, -0.25) is 4.79 Å². The lowest BCUT2D eigenvalue weighted by Gasteiger charge is -2.22. The lowest BCUT2D eigenvalue weighted by molar-refractivity contribution is -0.120. The second kappa shape index (κ2) is 7.65. The molecule has 0 radical (unpaired) electrons. The smallest absolute Gasteiger partial charge is 0.219 e. The summed E-state index contributed by atoms with van der Waals surface area (Å²) in [4.78, 5) is 10.9. The van der Waals surface area contributed by atoms with Crippen molar-refractivity contribution in [1.29, 1.82) is 0 Å². The number of rotatable bonds is 6. The van der Waals surface area contributed by atoms with Gasteiger partial charge in [-0.25, -0.2) is 0 Å². The molecule has 0 aromatic rings. The minimum Gasteiger partial charge on any atom is -0.381 e. The molecule has 0 spiro atoms. The Morgan fingerprint density at radius 3 is 2.80 bits per heavy atom. The van der Waals surface area contributed by atoms with Crippen molar-refractivity contribution in [2.45, 2.75) is 25.7 Å². The SMILES string of the molecule is CNC(=O)CCCNCC1CCOCC1. The second-order valence-corrected chi connectivity index (χ2v) is 4.04. The number of carbonyl (C=O) groups excluding carboxylic acids is 1. The van der Waals surface area contributed by atoms with Gasteiger partial charge in [-0.2, -0.15) is 0 Å². The largest absolute Gasteiger partial charge is 0.381 e. The third kappa shape index (κ3) is 5.74. The van der Waals surface area contributed by atoms with Crippen molar-refractivity contribution < 1.29 is 9.53 Å². The first-order chi connectivity index (χ1) is 7.33. The molecular formula is C11H22N2O2. The molecule has 15 heavy (non-hydrogen) atoms. The molecule has 1 saturated heterocycles. The molecule has 0 aliphatic carbocycles. The van der Waals surface area contributed by atoms with E-state index >= 15 is 0 Å². The maximum absolute atomic E-state index is 10.9. The van der Waals surface area contributed by atoms with Gasteiger partial charge in [-0.15, -0.1) is 0 Å². The first kappa shape index (κ1) is 12.5. The topological polar surface area (TPSA) is 50.4 Å². The highest BCUT2D eigenvalue weighted by Gasteiger charge is 2.12. The lowest BCUT2D eigenvalue weighted by Crippen LogP contribution is -2.29. The third-order valence-electron chi connectivity index (χ3n) is 2.81. The Hall–Kier alpha value is -0.610. The summed E-state index contributed by atoms with van der Waals surface area (Å²) in [6.07, 6.45) is 3.88. The number of hydrogen-bond donors (Lipinski definition) is 2. The van der Waals surface area contributed by atoms with E-state index in [9.17, 15) is 4.79 Å². The first-order valence-electron chi connectivity index (χ1n) is 5.82. The van der Waals surface area contributed by atoms with Crippen LogP contribution in [0.1, 0.15) is 25.7 Å². The van der Waals surface area contributed by atoms with Crippen LogP contribution in [0, 0.1) is 5.92 Å². The normalized spacial score (nSPS) is 17.7. The molecule has 0 saturated carbocycles. The molecule has 4 heteroatoms. The van der Waals surface area contributed by atoms with Gasteiger partial charge in [-0.1, -0.05) is 0 Å². The van der Waals surface area contributed by atoms with E-state index in [0.29, 0.717) is 6.42 Å². The average Bonchev–Trinajstić information content (AvgIpc) is 2.29. The Kier molecular flexibility index (Phi) is 6.36. The van der Waals surface area contributed by atoms with Crippen molar-refractivity contribution in [1.82, 2.24) is 10.6 Å². The van der Waals surface area contributed by atoms with Gasteiger partial charge < -0.3 is 15.4 Å². The van der Waals surface area contributed by atoms with Crippen molar-refractivity contribution in [3.8, 4) is 0 Å². The molecule has 88 valence electrons. The van der Waals surface area contributed by atoms with Crippen LogP contribution in [0.3, 0.4) is 0 Å². The summed E-state index contributed by atoms with van der Waals surface area (Å²) in [6, 6.07) is 0. The Labute approximate surface area is 91.8 Å². The summed E-state index contributed by atoms with van der Waals surface area (Å²) >= 11 is 0. The zero-order chi connectivity index (χ0) is 10.9. The molecular weight excluding hydrogens is 192 g/mol. The van der Waals surface area contributed by atoms with E-state index in [2.05, 4.69) is 10.6 Å². The van der Waals surface area contributed by atoms with Gasteiger partial charge in [0, 0.05) is 26.7 Å². The monoisotopic (exact) mass is 214 g/mol. The fraction of sp³-hybridized carbons (Fsp3) is 0.909. The van der Waals surface area contributed by atoms with Crippen LogP contribution in [0.15, 0.2) is 0 Å². The van der Waals surface area contributed by atoms with Crippen molar-refractivity contribution in [2.24, 2.45) is 5.92 Å². The zero-order valence-electron chi connectivity index (χ0n) is 9.55. The van der Waals surface area contributed by atoms with Crippen LogP contribution in [0.4, 0.5) is 0 Å². The minimum absolute atomic E-state index is 0.128. The molecule has 0 atom stereocenters. The van der Waals surface area contributed by atoms with E-state index in [0.717, 1.165) is 38.6 Å². The highest BCUT2D eigenvalue weighted by Crippen LogP contribution is 2.12. The molecule has 1 fully saturated rings. The minimum atomic E-state index is 0.128. The quantitative estimate of drug-likeness (QED) is 0.634. The predicted molar refractivity (Wildman–Crippen MR) is 59.7 cm³/mol. The average molecular weight is 214 g/mol. The standard InChI is InChI=1S/C11H22N2O2/c1-12-11(14)3-2-6-13-9-10-4-7-15-8-5-10/h10,13H,2-9H2,1H3,(H,12,14). The molecule has 2 N–H and O–H groups in total. The molecule has 1 aliphatic heterocycles. The predicted octanol–water partition coefficient (Wildman–Crippen LogP) is 0.529. The van der Waals surface area contributed by atoms with Crippen LogP contribution in [0.2, 0.25) is 0 Å². The van der Waals surface area contributed by atoms with Crippen LogP contribution in [0.25, 0.3) is 0 Å². The van der Waals surface area contributed by atoms with E-state index in [1.54, 1.807) is 7.05 Å². The zero-order valence-corrected chi connectivity index (χ0v) is 9.55. The van der Waals surface area contributed by atoms with Crippen LogP contribution in [-0.4, -0.2) is 39.3 Å². The van der Waals surface area contributed by atoms with Gasteiger partial charge in [-0.05, 0) is 38.3 Å².